The Morgan fingerprint density at radius 1 is 1.36 bits per heavy atom. The number of nitrogens with one attached hydrogen (secondary N) is 1. The van der Waals surface area contributed by atoms with E-state index < -0.39 is 27.7 Å². The number of rotatable bonds is 2. The van der Waals surface area contributed by atoms with Crippen LogP contribution in [0.15, 0.2) is 18.2 Å². The predicted octanol–water partition coefficient (Wildman–Crippen LogP) is 1.23. The van der Waals surface area contributed by atoms with Gasteiger partial charge in [-0.25, -0.2) is 8.42 Å². The Morgan fingerprint density at radius 2 is 2.05 bits per heavy atom. The fourth-order valence-electron chi connectivity index (χ4n) is 2.31. The molecule has 1 aliphatic heterocycles. The standard InChI is InChI=1S/C14H17ClN2O4S/c1-9-3-4-10(15)7-12(9)16-13(18)14(19)17(2)11-5-6-22(20,21)8-11/h3-4,7,11H,5-6,8H2,1-2H3,(H,16,18). The molecule has 1 aliphatic rings. The number of likely N-dealkylation sites (N-methyl/N-ethyl adjacent to an activating group) is 1. The van der Waals surface area contributed by atoms with Gasteiger partial charge in [0.1, 0.15) is 0 Å². The van der Waals surface area contributed by atoms with Crippen molar-refractivity contribution in [3.8, 4) is 0 Å². The first-order valence-electron chi connectivity index (χ1n) is 6.74. The molecule has 2 rings (SSSR count). The van der Waals surface area contributed by atoms with Crippen molar-refractivity contribution in [1.82, 2.24) is 4.90 Å². The van der Waals surface area contributed by atoms with Gasteiger partial charge < -0.3 is 10.2 Å². The van der Waals surface area contributed by atoms with Crippen molar-refractivity contribution in [3.05, 3.63) is 28.8 Å². The lowest BCUT2D eigenvalue weighted by Gasteiger charge is -2.22. The van der Waals surface area contributed by atoms with E-state index in [9.17, 15) is 18.0 Å². The first-order valence-corrected chi connectivity index (χ1v) is 8.94. The van der Waals surface area contributed by atoms with E-state index in [1.165, 1.54) is 11.9 Å². The van der Waals surface area contributed by atoms with Crippen LogP contribution in [0.5, 0.6) is 0 Å². The molecule has 0 radical (unpaired) electrons. The highest BCUT2D eigenvalue weighted by molar-refractivity contribution is 7.91. The van der Waals surface area contributed by atoms with Crippen LogP contribution in [-0.2, 0) is 19.4 Å². The molecular weight excluding hydrogens is 328 g/mol. The second-order valence-electron chi connectivity index (χ2n) is 5.39. The molecule has 0 spiro atoms. The minimum absolute atomic E-state index is 0.0459. The summed E-state index contributed by atoms with van der Waals surface area (Å²) >= 11 is 5.86. The van der Waals surface area contributed by atoms with Crippen molar-refractivity contribution < 1.29 is 18.0 Å². The molecule has 1 saturated heterocycles. The van der Waals surface area contributed by atoms with Crippen LogP contribution in [0.4, 0.5) is 5.69 Å². The lowest BCUT2D eigenvalue weighted by Crippen LogP contribution is -2.44. The molecule has 1 aromatic carbocycles. The van der Waals surface area contributed by atoms with Crippen molar-refractivity contribution in [2.75, 3.05) is 23.9 Å². The summed E-state index contributed by atoms with van der Waals surface area (Å²) in [6.07, 6.45) is 0.355. The molecule has 1 fully saturated rings. The Hall–Kier alpha value is -1.60. The first-order chi connectivity index (χ1) is 10.2. The smallest absolute Gasteiger partial charge is 0.313 e. The summed E-state index contributed by atoms with van der Waals surface area (Å²) in [6, 6.07) is 4.52. The number of hydrogen-bond acceptors (Lipinski definition) is 4. The summed E-state index contributed by atoms with van der Waals surface area (Å²) in [5, 5.41) is 2.96. The molecule has 1 aromatic rings. The van der Waals surface area contributed by atoms with Gasteiger partial charge in [-0.2, -0.15) is 0 Å². The third kappa shape index (κ3) is 3.78. The number of nitrogens with zero attached hydrogens (tertiary/aromatic N) is 1. The normalized spacial score (nSPS) is 19.7. The summed E-state index contributed by atoms with van der Waals surface area (Å²) in [6.45, 7) is 1.78. The number of carbonyl (C=O) groups excluding carboxylic acids is 2. The molecule has 2 amide bonds. The van der Waals surface area contributed by atoms with Gasteiger partial charge in [-0.05, 0) is 31.0 Å². The van der Waals surface area contributed by atoms with Crippen LogP contribution >= 0.6 is 11.6 Å². The number of carbonyl (C=O) groups is 2. The molecule has 0 aromatic heterocycles. The maximum atomic E-state index is 12.1. The minimum Gasteiger partial charge on any atom is -0.333 e. The van der Waals surface area contributed by atoms with Gasteiger partial charge in [0, 0.05) is 23.8 Å². The molecule has 8 heteroatoms. The second kappa shape index (κ2) is 6.26. The van der Waals surface area contributed by atoms with Crippen molar-refractivity contribution in [3.63, 3.8) is 0 Å². The number of benzene rings is 1. The van der Waals surface area contributed by atoms with E-state index in [0.717, 1.165) is 5.56 Å². The highest BCUT2D eigenvalue weighted by Crippen LogP contribution is 2.21. The molecule has 0 bridgehead atoms. The van der Waals surface area contributed by atoms with Crippen LogP contribution in [0.3, 0.4) is 0 Å². The summed E-state index contributed by atoms with van der Waals surface area (Å²) in [4.78, 5) is 25.4. The van der Waals surface area contributed by atoms with E-state index in [1.54, 1.807) is 25.1 Å². The Morgan fingerprint density at radius 3 is 2.64 bits per heavy atom. The zero-order chi connectivity index (χ0) is 16.5. The Labute approximate surface area is 134 Å². The van der Waals surface area contributed by atoms with Gasteiger partial charge in [-0.1, -0.05) is 17.7 Å². The summed E-state index contributed by atoms with van der Waals surface area (Å²) in [5.74, 6) is -1.62. The SMILES string of the molecule is Cc1ccc(Cl)cc1NC(=O)C(=O)N(C)C1CCS(=O)(=O)C1. The van der Waals surface area contributed by atoms with Crippen molar-refractivity contribution in [1.29, 1.82) is 0 Å². The predicted molar refractivity (Wildman–Crippen MR) is 84.6 cm³/mol. The monoisotopic (exact) mass is 344 g/mol. The van der Waals surface area contributed by atoms with Gasteiger partial charge in [0.05, 0.1) is 11.5 Å². The van der Waals surface area contributed by atoms with Gasteiger partial charge in [0.2, 0.25) is 0 Å². The number of amides is 2. The van der Waals surface area contributed by atoms with Crippen LogP contribution in [0.1, 0.15) is 12.0 Å². The average molecular weight is 345 g/mol. The highest BCUT2D eigenvalue weighted by Gasteiger charge is 2.34. The zero-order valence-corrected chi connectivity index (χ0v) is 13.9. The van der Waals surface area contributed by atoms with Gasteiger partial charge in [0.15, 0.2) is 9.84 Å². The van der Waals surface area contributed by atoms with Crippen LogP contribution < -0.4 is 5.32 Å². The average Bonchev–Trinajstić information content (AvgIpc) is 2.81. The summed E-state index contributed by atoms with van der Waals surface area (Å²) in [5.41, 5.74) is 1.23. The Bertz CT molecular complexity index is 718. The third-order valence-corrected chi connectivity index (χ3v) is 5.70. The van der Waals surface area contributed by atoms with E-state index in [-0.39, 0.29) is 11.5 Å². The molecule has 1 heterocycles. The molecule has 22 heavy (non-hydrogen) atoms. The van der Waals surface area contributed by atoms with Crippen LogP contribution in [0.2, 0.25) is 5.02 Å². The van der Waals surface area contributed by atoms with Gasteiger partial charge >= 0.3 is 11.8 Å². The molecule has 0 saturated carbocycles. The van der Waals surface area contributed by atoms with Crippen LogP contribution in [-0.4, -0.2) is 49.7 Å². The number of anilines is 1. The second-order valence-corrected chi connectivity index (χ2v) is 8.05. The molecule has 6 nitrogen and oxygen atoms in total. The van der Waals surface area contributed by atoms with E-state index in [2.05, 4.69) is 5.32 Å². The van der Waals surface area contributed by atoms with Gasteiger partial charge in [-0.3, -0.25) is 9.59 Å². The third-order valence-electron chi connectivity index (χ3n) is 3.72. The Balaban J connectivity index is 2.06. The summed E-state index contributed by atoms with van der Waals surface area (Å²) in [7, 11) is -1.67. The maximum absolute atomic E-state index is 12.1. The number of hydrogen-bond donors (Lipinski definition) is 1. The van der Waals surface area contributed by atoms with Gasteiger partial charge in [0.25, 0.3) is 0 Å². The molecule has 1 N–H and O–H groups in total. The summed E-state index contributed by atoms with van der Waals surface area (Å²) < 4.78 is 22.9. The molecule has 1 unspecified atom stereocenters. The quantitative estimate of drug-likeness (QED) is 0.818. The van der Waals surface area contributed by atoms with Crippen molar-refractivity contribution in [2.24, 2.45) is 0 Å². The van der Waals surface area contributed by atoms with E-state index in [0.29, 0.717) is 17.1 Å². The zero-order valence-electron chi connectivity index (χ0n) is 12.3. The number of aryl methyl sites for hydroxylation is 1. The molecule has 120 valence electrons. The Kier molecular flexibility index (Phi) is 4.77. The number of halogens is 1. The lowest BCUT2D eigenvalue weighted by molar-refractivity contribution is -0.143. The molecule has 1 atom stereocenters. The maximum Gasteiger partial charge on any atom is 0.313 e. The topological polar surface area (TPSA) is 83.6 Å². The van der Waals surface area contributed by atoms with E-state index in [1.807, 2.05) is 0 Å². The molecule has 0 aliphatic carbocycles. The largest absolute Gasteiger partial charge is 0.333 e. The van der Waals surface area contributed by atoms with Crippen molar-refractivity contribution in [2.45, 2.75) is 19.4 Å². The fourth-order valence-corrected chi connectivity index (χ4v) is 4.26. The fraction of sp³-hybridized carbons (Fsp3) is 0.429. The lowest BCUT2D eigenvalue weighted by atomic mass is 10.2. The van der Waals surface area contributed by atoms with Crippen LogP contribution in [0, 0.1) is 6.92 Å². The minimum atomic E-state index is -3.11. The van der Waals surface area contributed by atoms with Crippen molar-refractivity contribution >= 4 is 38.9 Å². The van der Waals surface area contributed by atoms with E-state index in [4.69, 9.17) is 11.6 Å². The first kappa shape index (κ1) is 16.8. The molecular formula is C14H17ClN2O4S. The highest BCUT2D eigenvalue weighted by atomic mass is 35.5. The number of sulfone groups is 1. The van der Waals surface area contributed by atoms with E-state index >= 15 is 0 Å². The van der Waals surface area contributed by atoms with Gasteiger partial charge in [-0.15, -0.1) is 0 Å². The van der Waals surface area contributed by atoms with Crippen LogP contribution in [0.25, 0.3) is 0 Å².